The first kappa shape index (κ1) is 21.8. The van der Waals surface area contributed by atoms with Gasteiger partial charge in [-0.05, 0) is 18.5 Å². The van der Waals surface area contributed by atoms with Crippen LogP contribution in [0.5, 0.6) is 0 Å². The van der Waals surface area contributed by atoms with E-state index < -0.39 is 13.7 Å². The van der Waals surface area contributed by atoms with E-state index in [1.807, 2.05) is 24.3 Å². The van der Waals surface area contributed by atoms with Gasteiger partial charge in [0, 0.05) is 18.5 Å². The molecule has 2 heterocycles. The molecule has 2 aliphatic heterocycles. The largest absolute Gasteiger partial charge is 0.469 e. The maximum absolute atomic E-state index is 13.7. The van der Waals surface area contributed by atoms with Gasteiger partial charge in [0.2, 0.25) is 0 Å². The molecule has 0 radical (unpaired) electrons. The van der Waals surface area contributed by atoms with Crippen molar-refractivity contribution in [2.24, 2.45) is 5.92 Å². The number of methoxy groups -OCH3 is 1. The van der Waals surface area contributed by atoms with Crippen LogP contribution in [-0.2, 0) is 24.7 Å². The van der Waals surface area contributed by atoms with Crippen LogP contribution in [0, 0.1) is 12.8 Å². The molecule has 0 aromatic heterocycles. The molecule has 1 fully saturated rings. The minimum Gasteiger partial charge on any atom is -0.469 e. The number of carbonyl (C=O) groups excluding carboxylic acids is 2. The summed E-state index contributed by atoms with van der Waals surface area (Å²) in [6, 6.07) is 16.5. The zero-order valence-corrected chi connectivity index (χ0v) is 20.1. The summed E-state index contributed by atoms with van der Waals surface area (Å²) in [5.74, 6) is -0.434. The van der Waals surface area contributed by atoms with Crippen molar-refractivity contribution in [3.63, 3.8) is 0 Å². The number of likely N-dealkylation sites (N-methyl/N-ethyl adjacent to an activating group) is 1. The van der Waals surface area contributed by atoms with Gasteiger partial charge in [0.15, 0.2) is 5.60 Å². The number of fused-ring (bicyclic) bond motifs is 2. The van der Waals surface area contributed by atoms with Crippen molar-refractivity contribution >= 4 is 30.8 Å². The van der Waals surface area contributed by atoms with Gasteiger partial charge < -0.3 is 14.4 Å². The van der Waals surface area contributed by atoms with E-state index in [1.165, 1.54) is 17.9 Å². The predicted octanol–water partition coefficient (Wildman–Crippen LogP) is 3.75. The Balaban J connectivity index is 1.85. The molecular formula is C25H31NO4Si. The number of hydrogen-bond acceptors (Lipinski definition) is 4. The number of ether oxygens (including phenoxy) is 2. The number of nitrogens with zero attached hydrogens (tertiary/aromatic N) is 1. The van der Waals surface area contributed by atoms with Crippen molar-refractivity contribution in [3.05, 3.63) is 59.7 Å². The smallest absolute Gasteiger partial charge is 0.308 e. The first-order valence-corrected chi connectivity index (χ1v) is 13.9. The van der Waals surface area contributed by atoms with E-state index in [4.69, 9.17) is 9.47 Å². The topological polar surface area (TPSA) is 55.8 Å². The second kappa shape index (κ2) is 7.60. The van der Waals surface area contributed by atoms with Crippen LogP contribution in [0.4, 0.5) is 5.69 Å². The lowest BCUT2D eigenvalue weighted by molar-refractivity contribution is -0.153. The standard InChI is InChI=1S/C25H31NO4Si/c1-16-11-13-18(14-12-16)31(5,6)23-17(2)25(30-21(23)15-22(27)29-4)19-9-7-8-10-20(19)26(3)24(25)28/h7-14,17,21,23H,15H2,1-6H3/t17-,21+,23-,25+/m0/s1. The van der Waals surface area contributed by atoms with Gasteiger partial charge in [0.1, 0.15) is 0 Å². The molecule has 4 atom stereocenters. The summed E-state index contributed by atoms with van der Waals surface area (Å²) in [6.07, 6.45) is -0.233. The monoisotopic (exact) mass is 437 g/mol. The number of esters is 1. The van der Waals surface area contributed by atoms with Gasteiger partial charge in [0.05, 0.1) is 33.4 Å². The van der Waals surface area contributed by atoms with Crippen molar-refractivity contribution in [1.82, 2.24) is 0 Å². The number of aryl methyl sites for hydroxylation is 1. The van der Waals surface area contributed by atoms with Crippen LogP contribution < -0.4 is 10.1 Å². The second-order valence-electron chi connectivity index (χ2n) is 9.46. The predicted molar refractivity (Wildman–Crippen MR) is 124 cm³/mol. The van der Waals surface area contributed by atoms with E-state index in [0.29, 0.717) is 0 Å². The molecule has 2 aromatic carbocycles. The third kappa shape index (κ3) is 3.15. The Morgan fingerprint density at radius 3 is 2.45 bits per heavy atom. The summed E-state index contributed by atoms with van der Waals surface area (Å²) in [5.41, 5.74) is 2.00. The number of benzene rings is 2. The average Bonchev–Trinajstić information content (AvgIpc) is 3.16. The maximum atomic E-state index is 13.7. The molecule has 1 saturated heterocycles. The van der Waals surface area contributed by atoms with Crippen molar-refractivity contribution < 1.29 is 19.1 Å². The van der Waals surface area contributed by atoms with Crippen molar-refractivity contribution in [1.29, 1.82) is 0 Å². The molecule has 4 rings (SSSR count). The Morgan fingerprint density at radius 1 is 1.16 bits per heavy atom. The fraction of sp³-hybridized carbons (Fsp3) is 0.440. The van der Waals surface area contributed by atoms with Gasteiger partial charge in [-0.15, -0.1) is 0 Å². The van der Waals surface area contributed by atoms with Gasteiger partial charge in [0.25, 0.3) is 5.91 Å². The molecule has 2 aromatic rings. The molecule has 0 unspecified atom stereocenters. The molecule has 1 amide bonds. The molecular weight excluding hydrogens is 406 g/mol. The first-order chi connectivity index (χ1) is 14.6. The van der Waals surface area contributed by atoms with E-state index in [2.05, 4.69) is 51.2 Å². The Labute approximate surface area is 185 Å². The quantitative estimate of drug-likeness (QED) is 0.540. The summed E-state index contributed by atoms with van der Waals surface area (Å²) in [6.45, 7) is 8.85. The van der Waals surface area contributed by atoms with Crippen molar-refractivity contribution in [2.45, 2.75) is 50.6 Å². The highest BCUT2D eigenvalue weighted by Crippen LogP contribution is 2.59. The number of carbonyl (C=O) groups is 2. The average molecular weight is 438 g/mol. The summed E-state index contributed by atoms with van der Waals surface area (Å²) in [7, 11) is 1.06. The Kier molecular flexibility index (Phi) is 5.34. The zero-order chi connectivity index (χ0) is 22.6. The van der Waals surface area contributed by atoms with Crippen LogP contribution in [0.3, 0.4) is 0 Å². The Morgan fingerprint density at radius 2 is 1.81 bits per heavy atom. The van der Waals surface area contributed by atoms with Gasteiger partial charge in [-0.2, -0.15) is 0 Å². The minimum atomic E-state index is -2.14. The molecule has 1 spiro atoms. The van der Waals surface area contributed by atoms with Gasteiger partial charge >= 0.3 is 5.97 Å². The molecule has 31 heavy (non-hydrogen) atoms. The van der Waals surface area contributed by atoms with Crippen molar-refractivity contribution in [2.75, 3.05) is 19.1 Å². The fourth-order valence-electron chi connectivity index (χ4n) is 5.78. The highest BCUT2D eigenvalue weighted by molar-refractivity contribution is 6.91. The van der Waals surface area contributed by atoms with E-state index >= 15 is 0 Å². The van der Waals surface area contributed by atoms with E-state index in [-0.39, 0.29) is 35.9 Å². The maximum Gasteiger partial charge on any atom is 0.308 e. The van der Waals surface area contributed by atoms with Crippen LogP contribution in [0.1, 0.15) is 24.5 Å². The molecule has 6 heteroatoms. The molecule has 0 bridgehead atoms. The highest BCUT2D eigenvalue weighted by Gasteiger charge is 2.66. The summed E-state index contributed by atoms with van der Waals surface area (Å²) in [5, 5.41) is 1.30. The number of anilines is 1. The van der Waals surface area contributed by atoms with Crippen LogP contribution in [0.15, 0.2) is 48.5 Å². The number of rotatable bonds is 4. The number of amides is 1. The van der Waals surface area contributed by atoms with E-state index in [1.54, 1.807) is 11.9 Å². The van der Waals surface area contributed by atoms with Crippen LogP contribution >= 0.6 is 0 Å². The first-order valence-electron chi connectivity index (χ1n) is 10.8. The lowest BCUT2D eigenvalue weighted by Gasteiger charge is -2.37. The highest BCUT2D eigenvalue weighted by atomic mass is 28.3. The summed E-state index contributed by atoms with van der Waals surface area (Å²) < 4.78 is 11.7. The summed E-state index contributed by atoms with van der Waals surface area (Å²) >= 11 is 0. The molecule has 164 valence electrons. The molecule has 0 N–H and O–H groups in total. The fourth-order valence-corrected chi connectivity index (χ4v) is 9.79. The molecule has 0 aliphatic carbocycles. The zero-order valence-electron chi connectivity index (χ0n) is 19.1. The Bertz CT molecular complexity index is 1020. The lowest BCUT2D eigenvalue weighted by Crippen LogP contribution is -2.51. The molecule has 0 saturated carbocycles. The normalized spacial score (nSPS) is 27.6. The van der Waals surface area contributed by atoms with E-state index in [9.17, 15) is 9.59 Å². The van der Waals surface area contributed by atoms with Crippen LogP contribution in [-0.4, -0.2) is 40.2 Å². The van der Waals surface area contributed by atoms with Gasteiger partial charge in [-0.1, -0.05) is 73.2 Å². The lowest BCUT2D eigenvalue weighted by atomic mass is 9.82. The van der Waals surface area contributed by atoms with E-state index in [0.717, 1.165) is 11.3 Å². The van der Waals surface area contributed by atoms with Gasteiger partial charge in [-0.3, -0.25) is 9.59 Å². The second-order valence-corrected chi connectivity index (χ2v) is 14.1. The molecule has 5 nitrogen and oxygen atoms in total. The number of para-hydroxylation sites is 1. The van der Waals surface area contributed by atoms with Gasteiger partial charge in [-0.25, -0.2) is 0 Å². The minimum absolute atomic E-state index is 0.0488. The number of hydrogen-bond donors (Lipinski definition) is 0. The summed E-state index contributed by atoms with van der Waals surface area (Å²) in [4.78, 5) is 27.7. The van der Waals surface area contributed by atoms with Crippen LogP contribution in [0.25, 0.3) is 0 Å². The van der Waals surface area contributed by atoms with Crippen LogP contribution in [0.2, 0.25) is 18.6 Å². The third-order valence-corrected chi connectivity index (χ3v) is 11.8. The molecule has 2 aliphatic rings. The third-order valence-electron chi connectivity index (χ3n) is 7.43. The Hall–Kier alpha value is -2.44. The SMILES string of the molecule is COC(=O)C[C@H]1O[C@]2(C(=O)N(C)c3ccccc32)[C@@H](C)[C@@H]1[Si](C)(C)c1ccc(C)cc1. The van der Waals surface area contributed by atoms with Crippen molar-refractivity contribution in [3.8, 4) is 0 Å².